The summed E-state index contributed by atoms with van der Waals surface area (Å²) in [5.74, 6) is 1.45. The van der Waals surface area contributed by atoms with Gasteiger partial charge in [-0.15, -0.1) is 0 Å². The second-order valence-corrected chi connectivity index (χ2v) is 6.34. The predicted octanol–water partition coefficient (Wildman–Crippen LogP) is 3.92. The maximum atomic E-state index is 12.8. The number of carbonyl (C=O) groups is 1. The summed E-state index contributed by atoms with van der Waals surface area (Å²) in [5.41, 5.74) is 0.486. The van der Waals surface area contributed by atoms with Crippen molar-refractivity contribution in [3.63, 3.8) is 0 Å². The van der Waals surface area contributed by atoms with Gasteiger partial charge in [0.1, 0.15) is 11.3 Å². The van der Waals surface area contributed by atoms with Crippen LogP contribution >= 0.6 is 0 Å². The van der Waals surface area contributed by atoms with Crippen LogP contribution in [0.15, 0.2) is 42.9 Å². The van der Waals surface area contributed by atoms with E-state index in [-0.39, 0.29) is 5.91 Å². The van der Waals surface area contributed by atoms with Gasteiger partial charge in [0, 0.05) is 26.0 Å². The normalized spacial score (nSPS) is 15.0. The van der Waals surface area contributed by atoms with Gasteiger partial charge in [0.2, 0.25) is 5.88 Å². The molecule has 0 saturated heterocycles. The number of hydrogen-bond donors (Lipinski definition) is 0. The lowest BCUT2D eigenvalue weighted by Crippen LogP contribution is -2.33. The minimum Gasteiger partial charge on any atom is -0.437 e. The molecule has 24 heavy (non-hydrogen) atoms. The largest absolute Gasteiger partial charge is 0.437 e. The molecule has 0 unspecified atom stereocenters. The molecule has 5 nitrogen and oxygen atoms in total. The molecule has 1 fully saturated rings. The van der Waals surface area contributed by atoms with Crippen molar-refractivity contribution < 1.29 is 9.53 Å². The molecule has 0 aliphatic heterocycles. The molecule has 2 aromatic heterocycles. The molecule has 1 aliphatic rings. The zero-order valence-corrected chi connectivity index (χ0v) is 14.0. The van der Waals surface area contributed by atoms with Gasteiger partial charge in [-0.1, -0.05) is 19.3 Å². The van der Waals surface area contributed by atoms with Crippen LogP contribution in [-0.4, -0.2) is 34.4 Å². The van der Waals surface area contributed by atoms with Crippen molar-refractivity contribution in [2.45, 2.75) is 32.1 Å². The highest BCUT2D eigenvalue weighted by molar-refractivity contribution is 5.96. The van der Waals surface area contributed by atoms with Gasteiger partial charge in [-0.25, -0.2) is 4.98 Å². The zero-order valence-electron chi connectivity index (χ0n) is 14.0. The Bertz CT molecular complexity index is 669. The van der Waals surface area contributed by atoms with E-state index < -0.39 is 0 Å². The van der Waals surface area contributed by atoms with Crippen molar-refractivity contribution in [3.8, 4) is 11.6 Å². The molecule has 0 bridgehead atoms. The van der Waals surface area contributed by atoms with Crippen molar-refractivity contribution >= 4 is 5.91 Å². The Morgan fingerprint density at radius 2 is 2.00 bits per heavy atom. The Morgan fingerprint density at radius 3 is 2.75 bits per heavy atom. The SMILES string of the molecule is CN(CC1CCCCC1)C(=O)c1cccnc1Oc1cccnc1. The van der Waals surface area contributed by atoms with E-state index in [1.54, 1.807) is 47.8 Å². The number of ether oxygens (including phenoxy) is 1. The number of aromatic nitrogens is 2. The second-order valence-electron chi connectivity index (χ2n) is 6.34. The van der Waals surface area contributed by atoms with E-state index in [9.17, 15) is 4.79 Å². The summed E-state index contributed by atoms with van der Waals surface area (Å²) in [5, 5.41) is 0. The summed E-state index contributed by atoms with van der Waals surface area (Å²) in [7, 11) is 1.86. The fourth-order valence-electron chi connectivity index (χ4n) is 3.20. The summed E-state index contributed by atoms with van der Waals surface area (Å²) >= 11 is 0. The monoisotopic (exact) mass is 325 g/mol. The third-order valence-electron chi connectivity index (χ3n) is 4.45. The van der Waals surface area contributed by atoms with Crippen LogP contribution in [0.4, 0.5) is 0 Å². The van der Waals surface area contributed by atoms with Gasteiger partial charge < -0.3 is 9.64 Å². The van der Waals surface area contributed by atoms with Crippen LogP contribution < -0.4 is 4.74 Å². The number of hydrogen-bond acceptors (Lipinski definition) is 4. The van der Waals surface area contributed by atoms with Gasteiger partial charge in [0.05, 0.1) is 6.20 Å². The lowest BCUT2D eigenvalue weighted by molar-refractivity contribution is 0.0757. The van der Waals surface area contributed by atoms with Crippen LogP contribution in [0.25, 0.3) is 0 Å². The molecule has 3 rings (SSSR count). The molecule has 0 aromatic carbocycles. The lowest BCUT2D eigenvalue weighted by Gasteiger charge is -2.27. The van der Waals surface area contributed by atoms with E-state index >= 15 is 0 Å². The molecule has 1 amide bonds. The number of rotatable bonds is 5. The van der Waals surface area contributed by atoms with Crippen molar-refractivity contribution in [3.05, 3.63) is 48.4 Å². The maximum absolute atomic E-state index is 12.8. The maximum Gasteiger partial charge on any atom is 0.259 e. The van der Waals surface area contributed by atoms with Crippen molar-refractivity contribution in [1.82, 2.24) is 14.9 Å². The van der Waals surface area contributed by atoms with E-state index in [0.717, 1.165) is 6.54 Å². The molecule has 2 heterocycles. The zero-order chi connectivity index (χ0) is 16.8. The molecule has 126 valence electrons. The summed E-state index contributed by atoms with van der Waals surface area (Å²) in [6.07, 6.45) is 11.2. The Morgan fingerprint density at radius 1 is 1.21 bits per heavy atom. The van der Waals surface area contributed by atoms with E-state index in [4.69, 9.17) is 4.74 Å². The topological polar surface area (TPSA) is 55.3 Å². The Hall–Kier alpha value is -2.43. The first-order chi connectivity index (χ1) is 11.7. The van der Waals surface area contributed by atoms with E-state index in [2.05, 4.69) is 9.97 Å². The number of pyridine rings is 2. The third kappa shape index (κ3) is 4.10. The first kappa shape index (κ1) is 16.4. The van der Waals surface area contributed by atoms with E-state index in [1.807, 2.05) is 7.05 Å². The standard InChI is InChI=1S/C19H23N3O2/c1-22(14-15-7-3-2-4-8-15)19(23)17-10-6-12-21-18(17)24-16-9-5-11-20-13-16/h5-6,9-13,15H,2-4,7-8,14H2,1H3. The smallest absolute Gasteiger partial charge is 0.259 e. The van der Waals surface area contributed by atoms with Gasteiger partial charge in [-0.2, -0.15) is 0 Å². The summed E-state index contributed by atoms with van der Waals surface area (Å²) in [6.45, 7) is 0.792. The number of carbonyl (C=O) groups excluding carboxylic acids is 1. The molecule has 1 aliphatic carbocycles. The Balaban J connectivity index is 1.72. The minimum absolute atomic E-state index is 0.0486. The quantitative estimate of drug-likeness (QED) is 0.836. The second kappa shape index (κ2) is 7.90. The van der Waals surface area contributed by atoms with E-state index in [0.29, 0.717) is 23.1 Å². The Labute approximate surface area is 142 Å². The fourth-order valence-corrected chi connectivity index (χ4v) is 3.20. The van der Waals surface area contributed by atoms with Crippen LogP contribution in [0.1, 0.15) is 42.5 Å². The van der Waals surface area contributed by atoms with E-state index in [1.165, 1.54) is 32.1 Å². The molecule has 0 spiro atoms. The summed E-state index contributed by atoms with van der Waals surface area (Å²) in [4.78, 5) is 22.9. The van der Waals surface area contributed by atoms with Gasteiger partial charge >= 0.3 is 0 Å². The lowest BCUT2D eigenvalue weighted by atomic mass is 9.89. The first-order valence-corrected chi connectivity index (χ1v) is 8.52. The molecule has 5 heteroatoms. The fraction of sp³-hybridized carbons (Fsp3) is 0.421. The van der Waals surface area contributed by atoms with Crippen molar-refractivity contribution in [1.29, 1.82) is 0 Å². The van der Waals surface area contributed by atoms with Crippen LogP contribution in [-0.2, 0) is 0 Å². The first-order valence-electron chi connectivity index (χ1n) is 8.52. The highest BCUT2D eigenvalue weighted by Crippen LogP contribution is 2.26. The highest BCUT2D eigenvalue weighted by Gasteiger charge is 2.22. The summed E-state index contributed by atoms with van der Waals surface area (Å²) in [6, 6.07) is 7.10. The molecular weight excluding hydrogens is 302 g/mol. The van der Waals surface area contributed by atoms with Crippen LogP contribution in [0.5, 0.6) is 11.6 Å². The number of nitrogens with zero attached hydrogens (tertiary/aromatic N) is 3. The highest BCUT2D eigenvalue weighted by atomic mass is 16.5. The Kier molecular flexibility index (Phi) is 5.41. The summed E-state index contributed by atoms with van der Waals surface area (Å²) < 4.78 is 5.75. The van der Waals surface area contributed by atoms with Gasteiger partial charge in [0.15, 0.2) is 0 Å². The van der Waals surface area contributed by atoms with Crippen molar-refractivity contribution in [2.24, 2.45) is 5.92 Å². The van der Waals surface area contributed by atoms with Crippen LogP contribution in [0, 0.1) is 5.92 Å². The molecular formula is C19H23N3O2. The molecule has 1 saturated carbocycles. The number of amides is 1. The van der Waals surface area contributed by atoms with Crippen LogP contribution in [0.3, 0.4) is 0 Å². The predicted molar refractivity (Wildman–Crippen MR) is 92.1 cm³/mol. The average molecular weight is 325 g/mol. The molecule has 0 radical (unpaired) electrons. The minimum atomic E-state index is -0.0486. The molecule has 0 atom stereocenters. The molecule has 0 N–H and O–H groups in total. The average Bonchev–Trinajstić information content (AvgIpc) is 2.63. The van der Waals surface area contributed by atoms with Gasteiger partial charge in [-0.3, -0.25) is 9.78 Å². The molecule has 2 aromatic rings. The van der Waals surface area contributed by atoms with Crippen molar-refractivity contribution in [2.75, 3.05) is 13.6 Å². The van der Waals surface area contributed by atoms with Crippen LogP contribution in [0.2, 0.25) is 0 Å². The van der Waals surface area contributed by atoms with Gasteiger partial charge in [-0.05, 0) is 43.0 Å². The van der Waals surface area contributed by atoms with Gasteiger partial charge in [0.25, 0.3) is 5.91 Å². The third-order valence-corrected chi connectivity index (χ3v) is 4.45.